The molecule has 0 fully saturated rings. The van der Waals surface area contributed by atoms with E-state index in [4.69, 9.17) is 29.0 Å². The topological polar surface area (TPSA) is 68.8 Å². The van der Waals surface area contributed by atoms with Gasteiger partial charge >= 0.3 is 0 Å². The molecule has 0 amide bonds. The molecule has 0 aliphatic rings. The van der Waals surface area contributed by atoms with Crippen molar-refractivity contribution in [1.29, 1.82) is 0 Å². The Kier molecular flexibility index (Phi) is 5.18. The predicted octanol–water partition coefficient (Wildman–Crippen LogP) is 2.80. The third kappa shape index (κ3) is 3.46. The molecule has 5 nitrogen and oxygen atoms in total. The summed E-state index contributed by atoms with van der Waals surface area (Å²) < 4.78 is 3.18. The van der Waals surface area contributed by atoms with Crippen molar-refractivity contribution >= 4 is 34.5 Å². The fourth-order valence-corrected chi connectivity index (χ4v) is 3.46. The van der Waals surface area contributed by atoms with Crippen LogP contribution in [0.3, 0.4) is 0 Å². The zero-order chi connectivity index (χ0) is 13.8. The van der Waals surface area contributed by atoms with Crippen molar-refractivity contribution in [3.8, 4) is 0 Å². The monoisotopic (exact) mass is 319 g/mol. The first-order chi connectivity index (χ1) is 9.15. The van der Waals surface area contributed by atoms with Gasteiger partial charge in [-0.25, -0.2) is 4.98 Å². The standard InChI is InChI=1S/C11H15Cl2N5S/c1-2-3-18-10(15-6-16-18)5-8(17-14)7-4-9(12)19-11(7)13/h4,6,8,17H,2-3,5,14H2,1H3. The van der Waals surface area contributed by atoms with E-state index in [0.29, 0.717) is 15.1 Å². The van der Waals surface area contributed by atoms with Crippen LogP contribution in [0.15, 0.2) is 12.4 Å². The van der Waals surface area contributed by atoms with Crippen molar-refractivity contribution < 1.29 is 0 Å². The van der Waals surface area contributed by atoms with Gasteiger partial charge in [-0.05, 0) is 12.5 Å². The zero-order valence-corrected chi connectivity index (χ0v) is 12.8. The summed E-state index contributed by atoms with van der Waals surface area (Å²) in [6.07, 6.45) is 3.17. The minimum Gasteiger partial charge on any atom is -0.271 e. The maximum atomic E-state index is 6.16. The molecule has 0 saturated heterocycles. The number of nitrogens with one attached hydrogen (secondary N) is 1. The van der Waals surface area contributed by atoms with Gasteiger partial charge < -0.3 is 0 Å². The van der Waals surface area contributed by atoms with Crippen LogP contribution in [0.4, 0.5) is 0 Å². The number of nitrogens with two attached hydrogens (primary N) is 1. The van der Waals surface area contributed by atoms with Gasteiger partial charge in [-0.1, -0.05) is 30.1 Å². The molecule has 0 radical (unpaired) electrons. The van der Waals surface area contributed by atoms with Crippen LogP contribution >= 0.6 is 34.5 Å². The first-order valence-corrected chi connectivity index (χ1v) is 7.50. The molecule has 0 saturated carbocycles. The van der Waals surface area contributed by atoms with Crippen molar-refractivity contribution in [3.63, 3.8) is 0 Å². The van der Waals surface area contributed by atoms with Crippen molar-refractivity contribution in [3.05, 3.63) is 32.5 Å². The number of rotatable bonds is 6. The molecule has 1 unspecified atom stereocenters. The zero-order valence-electron chi connectivity index (χ0n) is 10.4. The molecule has 1 atom stereocenters. The predicted molar refractivity (Wildman–Crippen MR) is 78.4 cm³/mol. The summed E-state index contributed by atoms with van der Waals surface area (Å²) in [5, 5.41) is 4.20. The smallest absolute Gasteiger partial charge is 0.138 e. The lowest BCUT2D eigenvalue weighted by molar-refractivity contribution is 0.500. The molecule has 0 aliphatic carbocycles. The number of hydrazine groups is 1. The highest BCUT2D eigenvalue weighted by atomic mass is 35.5. The number of hydrogen-bond acceptors (Lipinski definition) is 5. The second-order valence-corrected chi connectivity index (χ2v) is 6.39. The molecular weight excluding hydrogens is 305 g/mol. The average Bonchev–Trinajstić information content (AvgIpc) is 2.94. The minimum absolute atomic E-state index is 0.129. The van der Waals surface area contributed by atoms with Crippen molar-refractivity contribution in [2.45, 2.75) is 32.4 Å². The van der Waals surface area contributed by atoms with E-state index in [1.807, 2.05) is 10.7 Å². The van der Waals surface area contributed by atoms with Gasteiger partial charge in [0.25, 0.3) is 0 Å². The normalized spacial score (nSPS) is 12.8. The van der Waals surface area contributed by atoms with E-state index in [9.17, 15) is 0 Å². The van der Waals surface area contributed by atoms with Crippen LogP contribution in [0, 0.1) is 0 Å². The van der Waals surface area contributed by atoms with Crippen molar-refractivity contribution in [1.82, 2.24) is 20.2 Å². The number of aromatic nitrogens is 3. The van der Waals surface area contributed by atoms with E-state index in [0.717, 1.165) is 24.4 Å². The quantitative estimate of drug-likeness (QED) is 0.634. The molecule has 3 N–H and O–H groups in total. The maximum Gasteiger partial charge on any atom is 0.138 e. The van der Waals surface area contributed by atoms with E-state index < -0.39 is 0 Å². The highest BCUT2D eigenvalue weighted by molar-refractivity contribution is 7.20. The Morgan fingerprint density at radius 3 is 2.89 bits per heavy atom. The lowest BCUT2D eigenvalue weighted by Gasteiger charge is -2.15. The minimum atomic E-state index is -0.129. The number of aryl methyl sites for hydroxylation is 1. The van der Waals surface area contributed by atoms with Gasteiger partial charge in [-0.2, -0.15) is 5.10 Å². The maximum absolute atomic E-state index is 6.16. The van der Waals surface area contributed by atoms with E-state index in [1.165, 1.54) is 11.3 Å². The van der Waals surface area contributed by atoms with Gasteiger partial charge in [0.15, 0.2) is 0 Å². The molecule has 2 rings (SSSR count). The van der Waals surface area contributed by atoms with Crippen LogP contribution in [0.1, 0.15) is 30.8 Å². The average molecular weight is 320 g/mol. The van der Waals surface area contributed by atoms with Gasteiger partial charge in [0.2, 0.25) is 0 Å². The molecule has 2 heterocycles. The summed E-state index contributed by atoms with van der Waals surface area (Å²) in [5.74, 6) is 6.50. The number of thiophene rings is 1. The summed E-state index contributed by atoms with van der Waals surface area (Å²) >= 11 is 13.4. The first-order valence-electron chi connectivity index (χ1n) is 5.93. The van der Waals surface area contributed by atoms with Gasteiger partial charge in [0.1, 0.15) is 12.2 Å². The summed E-state index contributed by atoms with van der Waals surface area (Å²) in [6.45, 7) is 2.93. The Balaban J connectivity index is 2.19. The molecule has 8 heteroatoms. The van der Waals surface area contributed by atoms with Crippen LogP contribution in [-0.4, -0.2) is 14.8 Å². The summed E-state index contributed by atoms with van der Waals surface area (Å²) in [5.41, 5.74) is 3.66. The largest absolute Gasteiger partial charge is 0.271 e. The van der Waals surface area contributed by atoms with E-state index in [2.05, 4.69) is 22.4 Å². The molecule has 0 aliphatic heterocycles. The lowest BCUT2D eigenvalue weighted by Crippen LogP contribution is -2.30. The van der Waals surface area contributed by atoms with Gasteiger partial charge in [-0.15, -0.1) is 11.3 Å². The molecular formula is C11H15Cl2N5S. The Labute approximate surface area is 125 Å². The van der Waals surface area contributed by atoms with E-state index >= 15 is 0 Å². The first kappa shape index (κ1) is 14.7. The highest BCUT2D eigenvalue weighted by Crippen LogP contribution is 2.35. The van der Waals surface area contributed by atoms with E-state index in [-0.39, 0.29) is 6.04 Å². The molecule has 0 bridgehead atoms. The third-order valence-corrected chi connectivity index (χ3v) is 4.30. The summed E-state index contributed by atoms with van der Waals surface area (Å²) in [4.78, 5) is 4.27. The molecule has 104 valence electrons. The molecule has 2 aromatic heterocycles. The van der Waals surface area contributed by atoms with Gasteiger partial charge in [-0.3, -0.25) is 16.0 Å². The van der Waals surface area contributed by atoms with Crippen LogP contribution in [0.2, 0.25) is 8.67 Å². The Bertz CT molecular complexity index is 539. The summed E-state index contributed by atoms with van der Waals surface area (Å²) in [6, 6.07) is 1.70. The lowest BCUT2D eigenvalue weighted by atomic mass is 10.1. The third-order valence-electron chi connectivity index (χ3n) is 2.78. The van der Waals surface area contributed by atoms with Crippen molar-refractivity contribution in [2.75, 3.05) is 0 Å². The Morgan fingerprint density at radius 1 is 1.53 bits per heavy atom. The molecule has 2 aromatic rings. The van der Waals surface area contributed by atoms with Crippen LogP contribution in [0.25, 0.3) is 0 Å². The second kappa shape index (κ2) is 6.67. The number of halogens is 2. The highest BCUT2D eigenvalue weighted by Gasteiger charge is 2.19. The fourth-order valence-electron chi connectivity index (χ4n) is 1.88. The molecule has 0 aromatic carbocycles. The van der Waals surface area contributed by atoms with Crippen LogP contribution < -0.4 is 11.3 Å². The van der Waals surface area contributed by atoms with Gasteiger partial charge in [0, 0.05) is 18.5 Å². The number of hydrogen-bond donors (Lipinski definition) is 2. The summed E-state index contributed by atoms with van der Waals surface area (Å²) in [7, 11) is 0. The van der Waals surface area contributed by atoms with Crippen LogP contribution in [-0.2, 0) is 13.0 Å². The fraction of sp³-hybridized carbons (Fsp3) is 0.455. The number of nitrogens with zero attached hydrogens (tertiary/aromatic N) is 3. The van der Waals surface area contributed by atoms with Crippen molar-refractivity contribution in [2.24, 2.45) is 5.84 Å². The Hall–Kier alpha value is -0.660. The Morgan fingerprint density at radius 2 is 2.32 bits per heavy atom. The van der Waals surface area contributed by atoms with Gasteiger partial charge in [0.05, 0.1) is 14.7 Å². The van der Waals surface area contributed by atoms with E-state index in [1.54, 1.807) is 6.33 Å². The van der Waals surface area contributed by atoms with Crippen LogP contribution in [0.5, 0.6) is 0 Å². The SMILES string of the molecule is CCCn1ncnc1CC(NN)c1cc(Cl)sc1Cl. The molecule has 0 spiro atoms. The molecule has 19 heavy (non-hydrogen) atoms. The second-order valence-electron chi connectivity index (χ2n) is 4.10.